The van der Waals surface area contributed by atoms with Gasteiger partial charge in [-0.2, -0.15) is 5.10 Å². The second-order valence-electron chi connectivity index (χ2n) is 8.24. The van der Waals surface area contributed by atoms with E-state index in [0.717, 1.165) is 46.0 Å². The summed E-state index contributed by atoms with van der Waals surface area (Å²) >= 11 is 6.34. The van der Waals surface area contributed by atoms with Gasteiger partial charge in [0.15, 0.2) is 0 Å². The minimum absolute atomic E-state index is 0.0672. The number of rotatable bonds is 5. The van der Waals surface area contributed by atoms with Crippen LogP contribution in [0.1, 0.15) is 42.3 Å². The Morgan fingerprint density at radius 1 is 1.06 bits per heavy atom. The number of ether oxygens (including phenoxy) is 2. The van der Waals surface area contributed by atoms with E-state index < -0.39 is 0 Å². The molecule has 0 spiro atoms. The number of nitrogens with zero attached hydrogens (tertiary/aromatic N) is 3. The van der Waals surface area contributed by atoms with Gasteiger partial charge >= 0.3 is 0 Å². The van der Waals surface area contributed by atoms with Gasteiger partial charge in [0.2, 0.25) is 6.23 Å². The molecule has 0 radical (unpaired) electrons. The lowest BCUT2D eigenvalue weighted by Gasteiger charge is -2.38. The first-order valence-electron chi connectivity index (χ1n) is 10.9. The third-order valence-electron chi connectivity index (χ3n) is 5.95. The van der Waals surface area contributed by atoms with Gasteiger partial charge in [-0.05, 0) is 67.1 Å². The van der Waals surface area contributed by atoms with Crippen LogP contribution < -0.4 is 14.4 Å². The minimum Gasteiger partial charge on any atom is -0.494 e. The van der Waals surface area contributed by atoms with E-state index in [1.165, 1.54) is 0 Å². The van der Waals surface area contributed by atoms with Crippen LogP contribution in [0.5, 0.6) is 11.5 Å². The van der Waals surface area contributed by atoms with Crippen LogP contribution in [-0.4, -0.2) is 31.4 Å². The molecule has 5 nitrogen and oxygen atoms in total. The molecule has 3 aromatic rings. The van der Waals surface area contributed by atoms with Gasteiger partial charge in [0, 0.05) is 42.4 Å². The molecule has 2 aliphatic heterocycles. The Balaban J connectivity index is 1.52. The van der Waals surface area contributed by atoms with Crippen LogP contribution in [0, 0.1) is 0 Å². The Morgan fingerprint density at radius 2 is 1.81 bits per heavy atom. The normalized spacial score (nSPS) is 19.0. The van der Waals surface area contributed by atoms with Crippen molar-refractivity contribution in [2.75, 3.05) is 25.6 Å². The molecule has 0 unspecified atom stereocenters. The van der Waals surface area contributed by atoms with Crippen molar-refractivity contribution in [2.24, 2.45) is 5.10 Å². The highest BCUT2D eigenvalue weighted by molar-refractivity contribution is 6.30. The number of fused-ring (bicyclic) bond motifs is 3. The van der Waals surface area contributed by atoms with Gasteiger partial charge in [-0.25, -0.2) is 5.01 Å². The van der Waals surface area contributed by atoms with Gasteiger partial charge in [-0.1, -0.05) is 23.7 Å². The van der Waals surface area contributed by atoms with E-state index in [0.29, 0.717) is 11.6 Å². The largest absolute Gasteiger partial charge is 0.494 e. The Labute approximate surface area is 193 Å². The molecule has 0 N–H and O–H groups in total. The van der Waals surface area contributed by atoms with Gasteiger partial charge in [0.05, 0.1) is 18.4 Å². The van der Waals surface area contributed by atoms with Crippen molar-refractivity contribution in [1.29, 1.82) is 0 Å². The molecular formula is C26H26ClN3O2. The van der Waals surface area contributed by atoms with Crippen LogP contribution in [0.15, 0.2) is 71.8 Å². The summed E-state index contributed by atoms with van der Waals surface area (Å²) in [6.07, 6.45) is 0.488. The van der Waals surface area contributed by atoms with E-state index in [1.54, 1.807) is 0 Å². The van der Waals surface area contributed by atoms with Crippen molar-refractivity contribution in [3.05, 3.63) is 88.4 Å². The Morgan fingerprint density at radius 3 is 2.50 bits per heavy atom. The van der Waals surface area contributed by atoms with Crippen molar-refractivity contribution < 1.29 is 9.47 Å². The average Bonchev–Trinajstić information content (AvgIpc) is 3.25. The molecule has 6 heteroatoms. The highest BCUT2D eigenvalue weighted by Crippen LogP contribution is 2.48. The van der Waals surface area contributed by atoms with E-state index in [2.05, 4.69) is 46.3 Å². The number of hydrogen-bond donors (Lipinski definition) is 0. The van der Waals surface area contributed by atoms with E-state index in [1.807, 2.05) is 51.4 Å². The third kappa shape index (κ3) is 3.78. The fourth-order valence-electron chi connectivity index (χ4n) is 4.30. The molecular weight excluding hydrogens is 422 g/mol. The van der Waals surface area contributed by atoms with Gasteiger partial charge < -0.3 is 14.4 Å². The van der Waals surface area contributed by atoms with E-state index in [9.17, 15) is 0 Å². The molecule has 0 saturated heterocycles. The smallest absolute Gasteiger partial charge is 0.213 e. The van der Waals surface area contributed by atoms with Crippen LogP contribution in [0.3, 0.4) is 0 Å². The van der Waals surface area contributed by atoms with Crippen molar-refractivity contribution in [2.45, 2.75) is 25.6 Å². The van der Waals surface area contributed by atoms with Crippen molar-refractivity contribution in [3.63, 3.8) is 0 Å². The summed E-state index contributed by atoms with van der Waals surface area (Å²) in [4.78, 5) is 2.09. The van der Waals surface area contributed by atoms with Crippen LogP contribution in [0.4, 0.5) is 5.69 Å². The molecule has 0 aromatic heterocycles. The zero-order valence-corrected chi connectivity index (χ0v) is 19.2. The van der Waals surface area contributed by atoms with Gasteiger partial charge in [-0.15, -0.1) is 0 Å². The summed E-state index contributed by atoms with van der Waals surface area (Å²) in [6.45, 7) is 2.64. The van der Waals surface area contributed by atoms with Crippen molar-refractivity contribution in [1.82, 2.24) is 5.01 Å². The Bertz CT molecular complexity index is 1140. The summed E-state index contributed by atoms with van der Waals surface area (Å²) in [5.74, 6) is 1.73. The Kier molecular flexibility index (Phi) is 5.43. The van der Waals surface area contributed by atoms with Crippen molar-refractivity contribution >= 4 is 23.0 Å². The summed E-state index contributed by atoms with van der Waals surface area (Å²) in [7, 11) is 4.08. The molecule has 0 amide bonds. The lowest BCUT2D eigenvalue weighted by molar-refractivity contribution is -0.0190. The molecule has 0 fully saturated rings. The van der Waals surface area contributed by atoms with Gasteiger partial charge in [-0.3, -0.25) is 0 Å². The fourth-order valence-corrected chi connectivity index (χ4v) is 4.48. The molecule has 2 atom stereocenters. The average molecular weight is 448 g/mol. The number of hydrogen-bond acceptors (Lipinski definition) is 5. The molecule has 0 saturated carbocycles. The van der Waals surface area contributed by atoms with Crippen molar-refractivity contribution in [3.8, 4) is 11.5 Å². The maximum Gasteiger partial charge on any atom is 0.213 e. The minimum atomic E-state index is -0.301. The Hall–Kier alpha value is -3.18. The van der Waals surface area contributed by atoms with Crippen LogP contribution in [-0.2, 0) is 0 Å². The quantitative estimate of drug-likeness (QED) is 0.477. The van der Waals surface area contributed by atoms with Gasteiger partial charge in [0.1, 0.15) is 11.5 Å². The predicted molar refractivity (Wildman–Crippen MR) is 129 cm³/mol. The van der Waals surface area contributed by atoms with E-state index in [4.69, 9.17) is 26.2 Å². The second-order valence-corrected chi connectivity index (χ2v) is 8.68. The number of anilines is 1. The van der Waals surface area contributed by atoms with E-state index >= 15 is 0 Å². The summed E-state index contributed by atoms with van der Waals surface area (Å²) in [5.41, 5.74) is 5.41. The second kappa shape index (κ2) is 8.40. The fraction of sp³-hybridized carbons (Fsp3) is 0.269. The lowest BCUT2D eigenvalue weighted by atomic mass is 9.96. The standard InChI is InChI=1S/C26H26ClN3O2/c1-4-31-21-12-7-17(8-13-21)23-16-24-22-15-19(27)9-14-25(22)32-26(30(24)28-23)18-5-10-20(11-6-18)29(2)3/h5-15,24,26H,4,16H2,1-3H3/t24-,26+/m1/s1. The first-order valence-corrected chi connectivity index (χ1v) is 11.2. The monoisotopic (exact) mass is 447 g/mol. The maximum atomic E-state index is 6.45. The summed E-state index contributed by atoms with van der Waals surface area (Å²) in [5, 5.41) is 7.81. The van der Waals surface area contributed by atoms with Crippen LogP contribution >= 0.6 is 11.6 Å². The number of benzene rings is 3. The summed E-state index contributed by atoms with van der Waals surface area (Å²) < 4.78 is 12.0. The maximum absolute atomic E-state index is 6.45. The molecule has 32 heavy (non-hydrogen) atoms. The molecule has 0 aliphatic carbocycles. The molecule has 5 rings (SSSR count). The number of halogens is 1. The number of hydrazone groups is 1. The molecule has 0 bridgehead atoms. The molecule has 2 heterocycles. The predicted octanol–water partition coefficient (Wildman–Crippen LogP) is 6.05. The van der Waals surface area contributed by atoms with Gasteiger partial charge in [0.25, 0.3) is 0 Å². The molecule has 2 aliphatic rings. The first-order chi connectivity index (χ1) is 15.5. The topological polar surface area (TPSA) is 37.3 Å². The first kappa shape index (κ1) is 20.7. The zero-order valence-electron chi connectivity index (χ0n) is 18.5. The highest BCUT2D eigenvalue weighted by Gasteiger charge is 2.41. The highest BCUT2D eigenvalue weighted by atomic mass is 35.5. The van der Waals surface area contributed by atoms with Crippen LogP contribution in [0.2, 0.25) is 5.02 Å². The zero-order chi connectivity index (χ0) is 22.2. The SMILES string of the molecule is CCOc1ccc(C2=NN3[C@H](C2)c2cc(Cl)ccc2O[C@H]3c2ccc(N(C)C)cc2)cc1. The third-order valence-corrected chi connectivity index (χ3v) is 6.18. The summed E-state index contributed by atoms with van der Waals surface area (Å²) in [6, 6.07) is 22.5. The molecule has 164 valence electrons. The lowest BCUT2D eigenvalue weighted by Crippen LogP contribution is -2.33. The van der Waals surface area contributed by atoms with Crippen LogP contribution in [0.25, 0.3) is 0 Å². The molecule has 3 aromatic carbocycles. The van der Waals surface area contributed by atoms with E-state index in [-0.39, 0.29) is 12.3 Å².